The van der Waals surface area contributed by atoms with Gasteiger partial charge in [0.05, 0.1) is 7.11 Å². The van der Waals surface area contributed by atoms with Crippen LogP contribution in [0.1, 0.15) is 5.56 Å². The first kappa shape index (κ1) is 10.9. The third kappa shape index (κ3) is 3.30. The van der Waals surface area contributed by atoms with E-state index in [1.807, 2.05) is 24.3 Å². The summed E-state index contributed by atoms with van der Waals surface area (Å²) in [5.41, 5.74) is 0.941. The zero-order valence-electron chi connectivity index (χ0n) is 7.74. The Balaban J connectivity index is 2.60. The summed E-state index contributed by atoms with van der Waals surface area (Å²) in [7, 11) is 1.34. The Morgan fingerprint density at radius 3 is 2.93 bits per heavy atom. The molecule has 0 aliphatic heterocycles. The average molecular weight is 256 g/mol. The summed E-state index contributed by atoms with van der Waals surface area (Å²) in [6, 6.07) is 7.65. The smallest absolute Gasteiger partial charge is 0.327 e. The van der Waals surface area contributed by atoms with Crippen molar-refractivity contribution in [2.45, 2.75) is 0 Å². The first-order valence-corrected chi connectivity index (χ1v) is 4.84. The normalized spacial score (nSPS) is 10.4. The van der Waals surface area contributed by atoms with E-state index >= 15 is 0 Å². The van der Waals surface area contributed by atoms with E-state index in [1.54, 1.807) is 6.21 Å². The molecule has 4 heteroatoms. The SMILES string of the molecule is COC(=O)CN=Cc1ccccc1Br. The molecule has 0 aliphatic rings. The maximum absolute atomic E-state index is 10.7. The number of rotatable bonds is 3. The second kappa shape index (κ2) is 5.54. The lowest BCUT2D eigenvalue weighted by atomic mass is 10.2. The molecule has 0 unspecified atom stereocenters. The van der Waals surface area contributed by atoms with Crippen LogP contribution in [0.5, 0.6) is 0 Å². The van der Waals surface area contributed by atoms with Gasteiger partial charge in [-0.05, 0) is 6.07 Å². The molecule has 0 fully saturated rings. The molecular weight excluding hydrogens is 246 g/mol. The van der Waals surface area contributed by atoms with E-state index in [4.69, 9.17) is 0 Å². The van der Waals surface area contributed by atoms with Gasteiger partial charge in [0.25, 0.3) is 0 Å². The predicted molar refractivity (Wildman–Crippen MR) is 58.6 cm³/mol. The Labute approximate surface area is 90.9 Å². The number of methoxy groups -OCH3 is 1. The van der Waals surface area contributed by atoms with Crippen molar-refractivity contribution in [2.24, 2.45) is 4.99 Å². The first-order valence-electron chi connectivity index (χ1n) is 4.05. The largest absolute Gasteiger partial charge is 0.468 e. The maximum Gasteiger partial charge on any atom is 0.327 e. The molecule has 0 N–H and O–H groups in total. The summed E-state index contributed by atoms with van der Waals surface area (Å²) in [5, 5.41) is 0. The third-order valence-electron chi connectivity index (χ3n) is 1.58. The van der Waals surface area contributed by atoms with Crippen molar-refractivity contribution >= 4 is 28.1 Å². The Bertz CT molecular complexity index is 350. The monoisotopic (exact) mass is 255 g/mol. The number of benzene rings is 1. The number of ether oxygens (including phenoxy) is 1. The zero-order valence-corrected chi connectivity index (χ0v) is 9.32. The van der Waals surface area contributed by atoms with Crippen LogP contribution in [0.4, 0.5) is 0 Å². The molecule has 0 bridgehead atoms. The fourth-order valence-corrected chi connectivity index (χ4v) is 1.25. The molecule has 0 saturated carbocycles. The molecule has 1 rings (SSSR count). The van der Waals surface area contributed by atoms with Crippen LogP contribution in [0.3, 0.4) is 0 Å². The second-order valence-corrected chi connectivity index (χ2v) is 3.42. The number of carbonyl (C=O) groups excluding carboxylic acids is 1. The van der Waals surface area contributed by atoms with E-state index < -0.39 is 0 Å². The lowest BCUT2D eigenvalue weighted by Crippen LogP contribution is -2.04. The van der Waals surface area contributed by atoms with E-state index in [2.05, 4.69) is 25.7 Å². The van der Waals surface area contributed by atoms with E-state index in [-0.39, 0.29) is 12.5 Å². The van der Waals surface area contributed by atoms with Crippen molar-refractivity contribution in [3.8, 4) is 0 Å². The van der Waals surface area contributed by atoms with E-state index in [1.165, 1.54) is 7.11 Å². The van der Waals surface area contributed by atoms with Crippen LogP contribution in [0, 0.1) is 0 Å². The summed E-state index contributed by atoms with van der Waals surface area (Å²) in [5.74, 6) is -0.340. The maximum atomic E-state index is 10.7. The van der Waals surface area contributed by atoms with Crippen molar-refractivity contribution in [1.82, 2.24) is 0 Å². The molecule has 14 heavy (non-hydrogen) atoms. The average Bonchev–Trinajstić information content (AvgIpc) is 2.20. The van der Waals surface area contributed by atoms with Crippen molar-refractivity contribution in [1.29, 1.82) is 0 Å². The lowest BCUT2D eigenvalue weighted by molar-refractivity contribution is -0.138. The number of hydrogen-bond acceptors (Lipinski definition) is 3. The molecule has 0 aromatic heterocycles. The molecule has 1 aromatic carbocycles. The van der Waals surface area contributed by atoms with Gasteiger partial charge in [-0.15, -0.1) is 0 Å². The molecule has 0 aliphatic carbocycles. The van der Waals surface area contributed by atoms with E-state index in [0.717, 1.165) is 10.0 Å². The Kier molecular flexibility index (Phi) is 4.32. The number of halogens is 1. The Morgan fingerprint density at radius 1 is 1.57 bits per heavy atom. The lowest BCUT2D eigenvalue weighted by Gasteiger charge is -1.96. The topological polar surface area (TPSA) is 38.7 Å². The van der Waals surface area contributed by atoms with E-state index in [9.17, 15) is 4.79 Å². The number of carbonyl (C=O) groups is 1. The van der Waals surface area contributed by atoms with Gasteiger partial charge in [-0.3, -0.25) is 9.79 Å². The van der Waals surface area contributed by atoms with Gasteiger partial charge in [0.2, 0.25) is 0 Å². The van der Waals surface area contributed by atoms with Crippen LogP contribution in [0.15, 0.2) is 33.7 Å². The fraction of sp³-hybridized carbons (Fsp3) is 0.200. The summed E-state index contributed by atoms with van der Waals surface area (Å²) < 4.78 is 5.41. The zero-order chi connectivity index (χ0) is 10.4. The van der Waals surface area contributed by atoms with Crippen LogP contribution >= 0.6 is 15.9 Å². The predicted octanol–water partition coefficient (Wildman–Crippen LogP) is 2.04. The van der Waals surface area contributed by atoms with Crippen LogP contribution in [0.2, 0.25) is 0 Å². The van der Waals surface area contributed by atoms with Gasteiger partial charge in [0.15, 0.2) is 0 Å². The molecule has 0 saturated heterocycles. The van der Waals surface area contributed by atoms with Crippen LogP contribution in [0.25, 0.3) is 0 Å². The van der Waals surface area contributed by atoms with Crippen LogP contribution in [-0.2, 0) is 9.53 Å². The fourth-order valence-electron chi connectivity index (χ4n) is 0.863. The highest BCUT2D eigenvalue weighted by molar-refractivity contribution is 9.10. The standard InChI is InChI=1S/C10H10BrNO2/c1-14-10(13)7-12-6-8-4-2-3-5-9(8)11/h2-6H,7H2,1H3. The van der Waals surface area contributed by atoms with Crippen molar-refractivity contribution in [3.63, 3.8) is 0 Å². The highest BCUT2D eigenvalue weighted by Crippen LogP contribution is 2.13. The van der Waals surface area contributed by atoms with Gasteiger partial charge in [-0.1, -0.05) is 34.1 Å². The molecule has 0 spiro atoms. The first-order chi connectivity index (χ1) is 6.74. The number of esters is 1. The third-order valence-corrected chi connectivity index (χ3v) is 2.31. The quantitative estimate of drug-likeness (QED) is 0.613. The van der Waals surface area contributed by atoms with Gasteiger partial charge in [0.1, 0.15) is 6.54 Å². The van der Waals surface area contributed by atoms with Gasteiger partial charge in [-0.2, -0.15) is 0 Å². The highest BCUT2D eigenvalue weighted by Gasteiger charge is 1.96. The minimum Gasteiger partial charge on any atom is -0.468 e. The minimum atomic E-state index is -0.340. The molecule has 0 heterocycles. The second-order valence-electron chi connectivity index (χ2n) is 2.57. The van der Waals surface area contributed by atoms with Crippen molar-refractivity contribution in [2.75, 3.05) is 13.7 Å². The summed E-state index contributed by atoms with van der Waals surface area (Å²) in [6.07, 6.45) is 1.64. The molecule has 0 radical (unpaired) electrons. The number of nitrogens with zero attached hydrogens (tertiary/aromatic N) is 1. The number of aliphatic imine (C=N–C) groups is 1. The van der Waals surface area contributed by atoms with Crippen LogP contribution in [-0.4, -0.2) is 25.8 Å². The summed E-state index contributed by atoms with van der Waals surface area (Å²) in [4.78, 5) is 14.7. The van der Waals surface area contributed by atoms with Crippen LogP contribution < -0.4 is 0 Å². The molecule has 1 aromatic rings. The number of hydrogen-bond donors (Lipinski definition) is 0. The minimum absolute atomic E-state index is 0.0534. The van der Waals surface area contributed by atoms with Crippen molar-refractivity contribution in [3.05, 3.63) is 34.3 Å². The van der Waals surface area contributed by atoms with Gasteiger partial charge < -0.3 is 4.74 Å². The molecular formula is C10H10BrNO2. The van der Waals surface area contributed by atoms with Gasteiger partial charge >= 0.3 is 5.97 Å². The summed E-state index contributed by atoms with van der Waals surface area (Å²) >= 11 is 3.37. The van der Waals surface area contributed by atoms with Gasteiger partial charge in [0, 0.05) is 16.3 Å². The molecule has 0 atom stereocenters. The van der Waals surface area contributed by atoms with E-state index in [0.29, 0.717) is 0 Å². The Morgan fingerprint density at radius 2 is 2.29 bits per heavy atom. The molecule has 74 valence electrons. The Hall–Kier alpha value is -1.16. The summed E-state index contributed by atoms with van der Waals surface area (Å²) in [6.45, 7) is 0.0534. The molecule has 0 amide bonds. The molecule has 3 nitrogen and oxygen atoms in total. The van der Waals surface area contributed by atoms with Gasteiger partial charge in [-0.25, -0.2) is 0 Å². The van der Waals surface area contributed by atoms with Crippen molar-refractivity contribution < 1.29 is 9.53 Å². The highest BCUT2D eigenvalue weighted by atomic mass is 79.9.